The number of aliphatic carboxylic acids is 1. The molecule has 1 N–H and O–H groups in total. The summed E-state index contributed by atoms with van der Waals surface area (Å²) in [7, 11) is 15.0. The second kappa shape index (κ2) is 8.22. The molecule has 0 heterocycles. The second-order valence-corrected chi connectivity index (χ2v) is 15.7. The van der Waals surface area contributed by atoms with Gasteiger partial charge in [0.05, 0.1) is 0 Å². The van der Waals surface area contributed by atoms with Crippen molar-refractivity contribution in [3.8, 4) is 0 Å². The van der Waals surface area contributed by atoms with Gasteiger partial charge in [-0.25, -0.2) is 0 Å². The summed E-state index contributed by atoms with van der Waals surface area (Å²) < 4.78 is 0. The van der Waals surface area contributed by atoms with E-state index in [-0.39, 0.29) is 0 Å². The van der Waals surface area contributed by atoms with Crippen molar-refractivity contribution in [3.63, 3.8) is 0 Å². The molecule has 0 spiro atoms. The molecule has 0 aliphatic heterocycles. The first-order valence-corrected chi connectivity index (χ1v) is 14.3. The van der Waals surface area contributed by atoms with Crippen molar-refractivity contribution in [2.45, 2.75) is 6.92 Å². The van der Waals surface area contributed by atoms with Gasteiger partial charge in [0.15, 0.2) is 0 Å². The van der Waals surface area contributed by atoms with Crippen LogP contribution in [-0.4, -0.2) is 29.2 Å². The summed E-state index contributed by atoms with van der Waals surface area (Å²) in [6.45, 7) is 1.08. The SMILES string of the molecule is CC(=O)O.[Cl][Bi]([Cl])[Cl]. The molecule has 0 saturated carbocycles. The van der Waals surface area contributed by atoms with E-state index in [1.54, 1.807) is 0 Å². The van der Waals surface area contributed by atoms with Crippen LogP contribution in [0.4, 0.5) is 0 Å². The molecule has 0 aromatic carbocycles. The van der Waals surface area contributed by atoms with Gasteiger partial charge >= 0.3 is 43.7 Å². The molecular weight excluding hydrogens is 371 g/mol. The van der Waals surface area contributed by atoms with Crippen LogP contribution in [0.2, 0.25) is 0 Å². The first kappa shape index (κ1) is 12.0. The first-order valence-electron chi connectivity index (χ1n) is 1.43. The Bertz CT molecular complexity index is 59.5. The molecule has 0 radical (unpaired) electrons. The van der Waals surface area contributed by atoms with Crippen molar-refractivity contribution in [2.24, 2.45) is 0 Å². The molecule has 0 unspecified atom stereocenters. The van der Waals surface area contributed by atoms with Crippen LogP contribution in [-0.2, 0) is 4.79 Å². The Labute approximate surface area is 66.1 Å². The van der Waals surface area contributed by atoms with Gasteiger partial charge in [-0.15, -0.1) is 0 Å². The predicted octanol–water partition coefficient (Wildman–Crippen LogP) is 1.78. The number of carboxylic acid groups (broad SMARTS) is 1. The summed E-state index contributed by atoms with van der Waals surface area (Å²) in [6.07, 6.45) is 0. The molecule has 0 aliphatic carbocycles. The molecular formula is C2H4BiCl3O2. The van der Waals surface area contributed by atoms with E-state index in [0.29, 0.717) is 0 Å². The fourth-order valence-electron chi connectivity index (χ4n) is 0. The van der Waals surface area contributed by atoms with Crippen LogP contribution in [0.25, 0.3) is 0 Å². The third-order valence-corrected chi connectivity index (χ3v) is 0. The number of halogens is 3. The average molecular weight is 375 g/mol. The van der Waals surface area contributed by atoms with Crippen molar-refractivity contribution in [1.82, 2.24) is 0 Å². The van der Waals surface area contributed by atoms with Crippen LogP contribution in [0.5, 0.6) is 0 Å². The van der Waals surface area contributed by atoms with E-state index in [4.69, 9.17) is 35.4 Å². The van der Waals surface area contributed by atoms with Crippen LogP contribution in [0.3, 0.4) is 0 Å². The maximum atomic E-state index is 9.00. The number of carbonyl (C=O) groups is 1. The van der Waals surface area contributed by atoms with E-state index in [2.05, 4.69) is 0 Å². The summed E-state index contributed by atoms with van der Waals surface area (Å²) >= 11 is -2.18. The van der Waals surface area contributed by atoms with Crippen LogP contribution in [0.15, 0.2) is 0 Å². The summed E-state index contributed by atoms with van der Waals surface area (Å²) in [5.74, 6) is -0.833. The zero-order valence-electron chi connectivity index (χ0n) is 3.94. The Kier molecular flexibility index (Phi) is 12.3. The van der Waals surface area contributed by atoms with Crippen molar-refractivity contribution in [3.05, 3.63) is 0 Å². The van der Waals surface area contributed by atoms with Gasteiger partial charge < -0.3 is 5.11 Å². The van der Waals surface area contributed by atoms with Gasteiger partial charge in [-0.1, -0.05) is 0 Å². The van der Waals surface area contributed by atoms with E-state index in [0.717, 1.165) is 6.92 Å². The Balaban J connectivity index is 0. The molecule has 8 heavy (non-hydrogen) atoms. The number of carboxylic acids is 1. The van der Waals surface area contributed by atoms with Crippen LogP contribution in [0.1, 0.15) is 6.92 Å². The fourth-order valence-corrected chi connectivity index (χ4v) is 0. The second-order valence-electron chi connectivity index (χ2n) is 0.711. The number of hydrogen-bond donors (Lipinski definition) is 1. The fraction of sp³-hybridized carbons (Fsp3) is 0.500. The van der Waals surface area contributed by atoms with Gasteiger partial charge in [-0.05, 0) is 0 Å². The summed E-state index contributed by atoms with van der Waals surface area (Å²) in [4.78, 5) is 9.00. The third-order valence-electron chi connectivity index (χ3n) is 0. The standard InChI is InChI=1S/C2H4O2.Bi.3ClH/c1-2(3)4;;;;/h1H3,(H,3,4);;3*1H/q;+3;;;/p-3. The van der Waals surface area contributed by atoms with Crippen molar-refractivity contribution in [2.75, 3.05) is 0 Å². The Morgan fingerprint density at radius 2 is 1.50 bits per heavy atom. The van der Waals surface area contributed by atoms with E-state index < -0.39 is 24.1 Å². The van der Waals surface area contributed by atoms with Crippen molar-refractivity contribution >= 4 is 49.7 Å². The zero-order chi connectivity index (χ0) is 7.15. The van der Waals surface area contributed by atoms with Gasteiger partial charge in [-0.3, -0.25) is 4.79 Å². The van der Waals surface area contributed by atoms with Crippen molar-refractivity contribution < 1.29 is 9.90 Å². The molecule has 0 rings (SSSR count). The van der Waals surface area contributed by atoms with Gasteiger partial charge in [0.2, 0.25) is 0 Å². The Hall–Kier alpha value is 1.22. The van der Waals surface area contributed by atoms with Crippen LogP contribution in [0, 0.1) is 0 Å². The van der Waals surface area contributed by atoms with Gasteiger partial charge in [0, 0.05) is 6.92 Å². The molecule has 2 nitrogen and oxygen atoms in total. The molecule has 0 aromatic rings. The molecule has 0 bridgehead atoms. The molecule has 0 amide bonds. The first-order chi connectivity index (χ1) is 3.46. The van der Waals surface area contributed by atoms with E-state index in [1.807, 2.05) is 0 Å². The minimum atomic E-state index is -2.18. The van der Waals surface area contributed by atoms with Gasteiger partial charge in [0.1, 0.15) is 0 Å². The molecule has 0 aromatic heterocycles. The Morgan fingerprint density at radius 3 is 1.50 bits per heavy atom. The monoisotopic (exact) mass is 374 g/mol. The maximum absolute atomic E-state index is 9.00. The zero-order valence-corrected chi connectivity index (χ0v) is 9.68. The van der Waals surface area contributed by atoms with E-state index >= 15 is 0 Å². The van der Waals surface area contributed by atoms with Crippen LogP contribution >= 0.6 is 25.5 Å². The molecule has 0 fully saturated rings. The molecule has 0 saturated heterocycles. The number of hydrogen-bond acceptors (Lipinski definition) is 1. The summed E-state index contributed by atoms with van der Waals surface area (Å²) in [5, 5.41) is 7.42. The summed E-state index contributed by atoms with van der Waals surface area (Å²) in [6, 6.07) is 0. The molecule has 50 valence electrons. The van der Waals surface area contributed by atoms with Crippen molar-refractivity contribution in [1.29, 1.82) is 0 Å². The normalized spacial score (nSPS) is 7.62. The minimum absolute atomic E-state index is 0.833. The number of rotatable bonds is 0. The van der Waals surface area contributed by atoms with Crippen LogP contribution < -0.4 is 0 Å². The van der Waals surface area contributed by atoms with Gasteiger partial charge in [-0.2, -0.15) is 0 Å². The topological polar surface area (TPSA) is 37.3 Å². The van der Waals surface area contributed by atoms with E-state index in [9.17, 15) is 0 Å². The molecule has 6 heteroatoms. The van der Waals surface area contributed by atoms with Gasteiger partial charge in [0.25, 0.3) is 5.97 Å². The van der Waals surface area contributed by atoms with E-state index in [1.165, 1.54) is 0 Å². The summed E-state index contributed by atoms with van der Waals surface area (Å²) in [5.41, 5.74) is 0. The third kappa shape index (κ3) is 187. The quantitative estimate of drug-likeness (QED) is 0.656. The predicted molar refractivity (Wildman–Crippen MR) is 36.6 cm³/mol. The Morgan fingerprint density at radius 1 is 1.50 bits per heavy atom. The average Bonchev–Trinajstić information content (AvgIpc) is 1.25. The molecule has 0 atom stereocenters. The molecule has 0 aliphatic rings.